The van der Waals surface area contributed by atoms with Crippen molar-refractivity contribution in [1.29, 1.82) is 0 Å². The van der Waals surface area contributed by atoms with Crippen LogP contribution in [0, 0.1) is 5.92 Å². The molecular formula is C18H18. The topological polar surface area (TPSA) is 0 Å². The molecule has 0 aromatic heterocycles. The molecule has 0 amide bonds. The van der Waals surface area contributed by atoms with Crippen LogP contribution in [0.2, 0.25) is 0 Å². The highest BCUT2D eigenvalue weighted by molar-refractivity contribution is 5.90. The number of aryl methyl sites for hydroxylation is 1. The van der Waals surface area contributed by atoms with E-state index in [1.165, 1.54) is 48.4 Å². The number of benzene rings is 2. The molecule has 90 valence electrons. The first-order valence-corrected chi connectivity index (χ1v) is 7.12. The molecule has 0 N–H and O–H groups in total. The van der Waals surface area contributed by atoms with Gasteiger partial charge < -0.3 is 0 Å². The molecule has 2 aliphatic rings. The van der Waals surface area contributed by atoms with Crippen LogP contribution in [0.1, 0.15) is 36.0 Å². The standard InChI is InChI=1S/C18H18/c1-3-7-16-14(5-1)12-15-6-2-4-8-17(15)18(16)11-13-9-10-13/h1,3-5,7-8,12-13H,2,6,9-11H2. The molecule has 0 bridgehead atoms. The van der Waals surface area contributed by atoms with Gasteiger partial charge in [0.25, 0.3) is 0 Å². The van der Waals surface area contributed by atoms with Gasteiger partial charge in [-0.3, -0.25) is 0 Å². The maximum absolute atomic E-state index is 2.41. The van der Waals surface area contributed by atoms with Crippen LogP contribution in [-0.2, 0) is 12.8 Å². The van der Waals surface area contributed by atoms with Crippen molar-refractivity contribution in [3.63, 3.8) is 0 Å². The normalized spacial score (nSPS) is 18.0. The lowest BCUT2D eigenvalue weighted by molar-refractivity contribution is 0.831. The Hall–Kier alpha value is -1.56. The molecule has 0 radical (unpaired) electrons. The summed E-state index contributed by atoms with van der Waals surface area (Å²) in [5, 5.41) is 2.91. The van der Waals surface area contributed by atoms with Gasteiger partial charge in [-0.25, -0.2) is 0 Å². The van der Waals surface area contributed by atoms with Gasteiger partial charge in [0.05, 0.1) is 0 Å². The lowest BCUT2D eigenvalue weighted by Crippen LogP contribution is -2.01. The highest BCUT2D eigenvalue weighted by Crippen LogP contribution is 2.38. The van der Waals surface area contributed by atoms with Crippen LogP contribution in [0.3, 0.4) is 0 Å². The van der Waals surface area contributed by atoms with Gasteiger partial charge in [0.1, 0.15) is 0 Å². The van der Waals surface area contributed by atoms with Gasteiger partial charge in [-0.1, -0.05) is 42.5 Å². The van der Waals surface area contributed by atoms with Crippen LogP contribution in [0.15, 0.2) is 36.4 Å². The third-order valence-corrected chi connectivity index (χ3v) is 4.34. The van der Waals surface area contributed by atoms with Crippen LogP contribution in [-0.4, -0.2) is 0 Å². The number of hydrogen-bond donors (Lipinski definition) is 0. The number of rotatable bonds is 2. The van der Waals surface area contributed by atoms with Crippen molar-refractivity contribution in [3.8, 4) is 0 Å². The Kier molecular flexibility index (Phi) is 2.29. The van der Waals surface area contributed by atoms with Crippen LogP contribution in [0.5, 0.6) is 0 Å². The van der Waals surface area contributed by atoms with Gasteiger partial charge in [-0.15, -0.1) is 0 Å². The van der Waals surface area contributed by atoms with Crippen LogP contribution >= 0.6 is 0 Å². The largest absolute Gasteiger partial charge is 0.0836 e. The van der Waals surface area contributed by atoms with Crippen molar-refractivity contribution in [1.82, 2.24) is 0 Å². The van der Waals surface area contributed by atoms with E-state index in [4.69, 9.17) is 0 Å². The third-order valence-electron chi connectivity index (χ3n) is 4.34. The average Bonchev–Trinajstić information content (AvgIpc) is 3.22. The summed E-state index contributed by atoms with van der Waals surface area (Å²) in [4.78, 5) is 0. The van der Waals surface area contributed by atoms with E-state index in [1.54, 1.807) is 11.1 Å². The minimum atomic E-state index is 0.954. The van der Waals surface area contributed by atoms with Gasteiger partial charge in [0, 0.05) is 0 Å². The Morgan fingerprint density at radius 3 is 2.89 bits per heavy atom. The average molecular weight is 234 g/mol. The number of fused-ring (bicyclic) bond motifs is 2. The predicted octanol–water partition coefficient (Wildman–Crippen LogP) is 4.75. The minimum absolute atomic E-state index is 0.954. The summed E-state index contributed by atoms with van der Waals surface area (Å²) in [5.41, 5.74) is 4.71. The van der Waals surface area contributed by atoms with E-state index in [1.807, 2.05) is 0 Å². The van der Waals surface area contributed by atoms with E-state index in [2.05, 4.69) is 42.5 Å². The second-order valence-corrected chi connectivity index (χ2v) is 5.74. The molecule has 2 aliphatic carbocycles. The van der Waals surface area contributed by atoms with Crippen LogP contribution in [0.25, 0.3) is 16.8 Å². The second-order valence-electron chi connectivity index (χ2n) is 5.74. The monoisotopic (exact) mass is 234 g/mol. The Balaban J connectivity index is 1.99. The molecule has 0 saturated heterocycles. The summed E-state index contributed by atoms with van der Waals surface area (Å²) in [6.45, 7) is 0. The first-order chi connectivity index (χ1) is 8.92. The fourth-order valence-corrected chi connectivity index (χ4v) is 3.19. The smallest absolute Gasteiger partial charge is 0.0146 e. The maximum atomic E-state index is 2.41. The molecule has 0 heteroatoms. The third kappa shape index (κ3) is 1.68. The number of hydrogen-bond acceptors (Lipinski definition) is 0. The van der Waals surface area contributed by atoms with Gasteiger partial charge in [-0.2, -0.15) is 0 Å². The molecule has 0 spiro atoms. The fraction of sp³-hybridized carbons (Fsp3) is 0.333. The quantitative estimate of drug-likeness (QED) is 0.703. The zero-order valence-electron chi connectivity index (χ0n) is 10.7. The van der Waals surface area contributed by atoms with Gasteiger partial charge in [0.2, 0.25) is 0 Å². The molecule has 0 unspecified atom stereocenters. The van der Waals surface area contributed by atoms with Gasteiger partial charge >= 0.3 is 0 Å². The Labute approximate surface area is 108 Å². The molecule has 1 fully saturated rings. The summed E-state index contributed by atoms with van der Waals surface area (Å²) in [7, 11) is 0. The van der Waals surface area contributed by atoms with E-state index >= 15 is 0 Å². The van der Waals surface area contributed by atoms with Gasteiger partial charge in [-0.05, 0) is 65.5 Å². The van der Waals surface area contributed by atoms with Gasteiger partial charge in [0.15, 0.2) is 0 Å². The van der Waals surface area contributed by atoms with E-state index in [9.17, 15) is 0 Å². The highest BCUT2D eigenvalue weighted by atomic mass is 14.3. The first-order valence-electron chi connectivity index (χ1n) is 7.12. The predicted molar refractivity (Wildman–Crippen MR) is 77.7 cm³/mol. The molecule has 2 aromatic rings. The molecule has 0 aliphatic heterocycles. The van der Waals surface area contributed by atoms with E-state index in [-0.39, 0.29) is 0 Å². The molecule has 0 heterocycles. The summed E-state index contributed by atoms with van der Waals surface area (Å²) in [6, 6.07) is 11.3. The van der Waals surface area contributed by atoms with Crippen molar-refractivity contribution in [2.45, 2.75) is 32.1 Å². The highest BCUT2D eigenvalue weighted by Gasteiger charge is 2.24. The molecule has 2 aromatic carbocycles. The van der Waals surface area contributed by atoms with Crippen molar-refractivity contribution < 1.29 is 0 Å². The molecule has 18 heavy (non-hydrogen) atoms. The zero-order valence-corrected chi connectivity index (χ0v) is 10.7. The van der Waals surface area contributed by atoms with Crippen molar-refractivity contribution in [2.75, 3.05) is 0 Å². The summed E-state index contributed by atoms with van der Waals surface area (Å²) < 4.78 is 0. The van der Waals surface area contributed by atoms with Crippen molar-refractivity contribution in [3.05, 3.63) is 53.1 Å². The molecule has 1 saturated carbocycles. The van der Waals surface area contributed by atoms with Crippen LogP contribution < -0.4 is 0 Å². The maximum Gasteiger partial charge on any atom is -0.0146 e. The summed E-state index contributed by atoms with van der Waals surface area (Å²) >= 11 is 0. The van der Waals surface area contributed by atoms with E-state index < -0.39 is 0 Å². The van der Waals surface area contributed by atoms with Crippen molar-refractivity contribution >= 4 is 16.8 Å². The number of allylic oxidation sites excluding steroid dienone is 1. The van der Waals surface area contributed by atoms with E-state index in [0.717, 1.165) is 5.92 Å². The molecule has 0 atom stereocenters. The Bertz CT molecular complexity index is 630. The van der Waals surface area contributed by atoms with E-state index in [0.29, 0.717) is 0 Å². The lowest BCUT2D eigenvalue weighted by atomic mass is 9.87. The first kappa shape index (κ1) is 10.4. The summed E-state index contributed by atoms with van der Waals surface area (Å²) in [5.74, 6) is 0.954. The molecule has 4 rings (SSSR count). The minimum Gasteiger partial charge on any atom is -0.0836 e. The van der Waals surface area contributed by atoms with Crippen LogP contribution in [0.4, 0.5) is 0 Å². The molecular weight excluding hydrogens is 216 g/mol. The SMILES string of the molecule is C1=Cc2c(cc3ccccc3c2CC2CC2)CC1. The Morgan fingerprint density at radius 2 is 2.00 bits per heavy atom. The fourth-order valence-electron chi connectivity index (χ4n) is 3.19. The second kappa shape index (κ2) is 3.98. The lowest BCUT2D eigenvalue weighted by Gasteiger charge is -2.18. The summed E-state index contributed by atoms with van der Waals surface area (Å²) in [6.07, 6.45) is 11.3. The zero-order chi connectivity index (χ0) is 11.9. The molecule has 0 nitrogen and oxygen atoms in total. The van der Waals surface area contributed by atoms with Crippen molar-refractivity contribution in [2.24, 2.45) is 5.92 Å². The Morgan fingerprint density at radius 1 is 1.11 bits per heavy atom.